The van der Waals surface area contributed by atoms with Crippen LogP contribution >= 0.6 is 0 Å². The molecule has 0 aromatic rings. The predicted octanol–water partition coefficient (Wildman–Crippen LogP) is 0.100. The van der Waals surface area contributed by atoms with E-state index >= 15 is 0 Å². The van der Waals surface area contributed by atoms with Crippen molar-refractivity contribution in [3.05, 3.63) is 0 Å². The van der Waals surface area contributed by atoms with Gasteiger partial charge in [0.1, 0.15) is 0 Å². The van der Waals surface area contributed by atoms with Gasteiger partial charge in [-0.1, -0.05) is 6.92 Å². The lowest BCUT2D eigenvalue weighted by molar-refractivity contribution is -0.120. The summed E-state index contributed by atoms with van der Waals surface area (Å²) in [7, 11) is 0. The van der Waals surface area contributed by atoms with Crippen molar-refractivity contribution < 1.29 is 4.79 Å². The van der Waals surface area contributed by atoms with Crippen molar-refractivity contribution in [1.29, 1.82) is 0 Å². The lowest BCUT2D eigenvalue weighted by atomic mass is 10.3. The highest BCUT2D eigenvalue weighted by atomic mass is 16.1. The first-order valence-corrected chi connectivity index (χ1v) is 5.93. The maximum Gasteiger partial charge on any atom is 0.234 e. The lowest BCUT2D eigenvalue weighted by Gasteiger charge is -2.13. The van der Waals surface area contributed by atoms with Gasteiger partial charge < -0.3 is 16.0 Å². The van der Waals surface area contributed by atoms with Crippen molar-refractivity contribution in [1.82, 2.24) is 16.0 Å². The van der Waals surface area contributed by atoms with Gasteiger partial charge in [-0.15, -0.1) is 0 Å². The van der Waals surface area contributed by atoms with Crippen molar-refractivity contribution >= 4 is 5.91 Å². The van der Waals surface area contributed by atoms with Crippen molar-refractivity contribution in [2.75, 3.05) is 26.2 Å². The molecule has 15 heavy (non-hydrogen) atoms. The molecule has 1 fully saturated rings. The fourth-order valence-corrected chi connectivity index (χ4v) is 1.46. The van der Waals surface area contributed by atoms with Gasteiger partial charge in [-0.3, -0.25) is 4.79 Å². The Morgan fingerprint density at radius 3 is 2.80 bits per heavy atom. The second-order valence-electron chi connectivity index (χ2n) is 4.34. The first-order chi connectivity index (χ1) is 7.22. The molecule has 1 amide bonds. The number of carbonyl (C=O) groups is 1. The van der Waals surface area contributed by atoms with Crippen molar-refractivity contribution in [2.45, 2.75) is 32.7 Å². The van der Waals surface area contributed by atoms with Crippen LogP contribution in [0.2, 0.25) is 0 Å². The summed E-state index contributed by atoms with van der Waals surface area (Å²) in [5.74, 6) is 0.930. The molecule has 0 aromatic heterocycles. The molecule has 0 aliphatic heterocycles. The quantitative estimate of drug-likeness (QED) is 0.536. The molecule has 0 spiro atoms. The molecule has 4 nitrogen and oxygen atoms in total. The molecule has 1 aliphatic rings. The summed E-state index contributed by atoms with van der Waals surface area (Å²) in [6.45, 7) is 7.23. The van der Waals surface area contributed by atoms with Crippen LogP contribution in [0.1, 0.15) is 26.7 Å². The van der Waals surface area contributed by atoms with Crippen LogP contribution in [-0.4, -0.2) is 38.1 Å². The van der Waals surface area contributed by atoms with Gasteiger partial charge in [0.05, 0.1) is 6.54 Å². The predicted molar refractivity (Wildman–Crippen MR) is 61.7 cm³/mol. The number of amides is 1. The Morgan fingerprint density at radius 1 is 1.47 bits per heavy atom. The molecular formula is C11H23N3O. The summed E-state index contributed by atoms with van der Waals surface area (Å²) < 4.78 is 0. The average molecular weight is 213 g/mol. The van der Waals surface area contributed by atoms with Crippen molar-refractivity contribution in [3.8, 4) is 0 Å². The molecule has 88 valence electrons. The highest BCUT2D eigenvalue weighted by Gasteiger charge is 2.20. The molecule has 0 aromatic carbocycles. The van der Waals surface area contributed by atoms with E-state index in [2.05, 4.69) is 29.8 Å². The molecule has 1 atom stereocenters. The van der Waals surface area contributed by atoms with Gasteiger partial charge in [-0.05, 0) is 38.8 Å². The van der Waals surface area contributed by atoms with Crippen molar-refractivity contribution in [3.63, 3.8) is 0 Å². The zero-order valence-corrected chi connectivity index (χ0v) is 9.81. The van der Waals surface area contributed by atoms with E-state index in [9.17, 15) is 4.79 Å². The van der Waals surface area contributed by atoms with E-state index in [1.807, 2.05) is 0 Å². The van der Waals surface area contributed by atoms with E-state index in [4.69, 9.17) is 0 Å². The first-order valence-electron chi connectivity index (χ1n) is 5.93. The average Bonchev–Trinajstić information content (AvgIpc) is 2.99. The second-order valence-corrected chi connectivity index (χ2v) is 4.34. The minimum atomic E-state index is 0.0976. The Morgan fingerprint density at radius 2 is 2.20 bits per heavy atom. The SMILES string of the molecule is CCN[C@H](C)CNC(=O)CNCC1CC1. The lowest BCUT2D eigenvalue weighted by Crippen LogP contribution is -2.42. The van der Waals surface area contributed by atoms with Crippen LogP contribution < -0.4 is 16.0 Å². The number of likely N-dealkylation sites (N-methyl/N-ethyl adjacent to an activating group) is 1. The molecule has 1 saturated carbocycles. The van der Waals surface area contributed by atoms with Gasteiger partial charge in [-0.25, -0.2) is 0 Å². The van der Waals surface area contributed by atoms with E-state index in [0.29, 0.717) is 19.1 Å². The van der Waals surface area contributed by atoms with Crippen LogP contribution in [0.25, 0.3) is 0 Å². The van der Waals surface area contributed by atoms with Crippen LogP contribution in [0.4, 0.5) is 0 Å². The molecule has 3 N–H and O–H groups in total. The summed E-state index contributed by atoms with van der Waals surface area (Å²) >= 11 is 0. The van der Waals surface area contributed by atoms with Crippen LogP contribution in [0.15, 0.2) is 0 Å². The number of hydrogen-bond donors (Lipinski definition) is 3. The largest absolute Gasteiger partial charge is 0.353 e. The Kier molecular flexibility index (Phi) is 5.65. The monoisotopic (exact) mass is 213 g/mol. The minimum Gasteiger partial charge on any atom is -0.353 e. The molecule has 0 saturated heterocycles. The smallest absolute Gasteiger partial charge is 0.234 e. The topological polar surface area (TPSA) is 53.2 Å². The second kappa shape index (κ2) is 6.80. The van der Waals surface area contributed by atoms with E-state index in [-0.39, 0.29) is 5.91 Å². The van der Waals surface area contributed by atoms with E-state index < -0.39 is 0 Å². The Labute approximate surface area is 92.2 Å². The normalized spacial score (nSPS) is 17.5. The molecule has 0 unspecified atom stereocenters. The van der Waals surface area contributed by atoms with Crippen LogP contribution in [0, 0.1) is 5.92 Å². The summed E-state index contributed by atoms with van der Waals surface area (Å²) in [5.41, 5.74) is 0. The number of hydrogen-bond acceptors (Lipinski definition) is 3. The fraction of sp³-hybridized carbons (Fsp3) is 0.909. The molecule has 4 heteroatoms. The summed E-state index contributed by atoms with van der Waals surface area (Å²) in [4.78, 5) is 11.4. The van der Waals surface area contributed by atoms with Gasteiger partial charge in [0.2, 0.25) is 5.91 Å². The van der Waals surface area contributed by atoms with E-state index in [0.717, 1.165) is 19.0 Å². The fourth-order valence-electron chi connectivity index (χ4n) is 1.46. The van der Waals surface area contributed by atoms with Gasteiger partial charge in [0, 0.05) is 12.6 Å². The highest BCUT2D eigenvalue weighted by Crippen LogP contribution is 2.27. The summed E-state index contributed by atoms with van der Waals surface area (Å²) in [6.07, 6.45) is 2.65. The van der Waals surface area contributed by atoms with Gasteiger partial charge in [0.25, 0.3) is 0 Å². The van der Waals surface area contributed by atoms with Gasteiger partial charge in [0.15, 0.2) is 0 Å². The van der Waals surface area contributed by atoms with E-state index in [1.54, 1.807) is 0 Å². The van der Waals surface area contributed by atoms with Crippen LogP contribution in [0.3, 0.4) is 0 Å². The minimum absolute atomic E-state index is 0.0976. The van der Waals surface area contributed by atoms with E-state index in [1.165, 1.54) is 12.8 Å². The van der Waals surface area contributed by atoms with Crippen LogP contribution in [0.5, 0.6) is 0 Å². The Hall–Kier alpha value is -0.610. The molecule has 1 aliphatic carbocycles. The third kappa shape index (κ3) is 6.47. The maximum atomic E-state index is 11.4. The zero-order valence-electron chi connectivity index (χ0n) is 9.81. The molecule has 0 radical (unpaired) electrons. The third-order valence-corrected chi connectivity index (χ3v) is 2.57. The summed E-state index contributed by atoms with van der Waals surface area (Å²) in [5, 5.41) is 9.32. The standard InChI is InChI=1S/C11H23N3O/c1-3-13-9(2)6-14-11(15)8-12-7-10-4-5-10/h9-10,12-13H,3-8H2,1-2H3,(H,14,15)/t9-/m1/s1. The summed E-state index contributed by atoms with van der Waals surface area (Å²) in [6, 6.07) is 0.349. The molecular weight excluding hydrogens is 190 g/mol. The molecule has 0 bridgehead atoms. The van der Waals surface area contributed by atoms with Gasteiger partial charge in [-0.2, -0.15) is 0 Å². The maximum absolute atomic E-state index is 11.4. The zero-order chi connectivity index (χ0) is 11.1. The number of nitrogens with one attached hydrogen (secondary N) is 3. The number of carbonyl (C=O) groups excluding carboxylic acids is 1. The van der Waals surface area contributed by atoms with Gasteiger partial charge >= 0.3 is 0 Å². The Balaban J connectivity index is 1.92. The first kappa shape index (κ1) is 12.5. The third-order valence-electron chi connectivity index (χ3n) is 2.57. The molecule has 1 rings (SSSR count). The van der Waals surface area contributed by atoms with Crippen LogP contribution in [-0.2, 0) is 4.79 Å². The Bertz CT molecular complexity index is 192. The highest BCUT2D eigenvalue weighted by molar-refractivity contribution is 5.77. The molecule has 0 heterocycles. The van der Waals surface area contributed by atoms with Crippen molar-refractivity contribution in [2.24, 2.45) is 5.92 Å². The number of rotatable bonds is 8.